The number of nitriles is 1. The molecular formula is C27H19BrN2O3. The molecule has 4 rings (SSSR count). The van der Waals surface area contributed by atoms with Crippen molar-refractivity contribution in [2.45, 2.75) is 6.61 Å². The number of hydrogen-bond donors (Lipinski definition) is 2. The topological polar surface area (TPSA) is 82.3 Å². The third kappa shape index (κ3) is 5.59. The van der Waals surface area contributed by atoms with E-state index in [4.69, 9.17) is 4.74 Å². The third-order valence-electron chi connectivity index (χ3n) is 4.97. The van der Waals surface area contributed by atoms with E-state index >= 15 is 0 Å². The summed E-state index contributed by atoms with van der Waals surface area (Å²) >= 11 is 3.44. The van der Waals surface area contributed by atoms with E-state index in [9.17, 15) is 15.2 Å². The van der Waals surface area contributed by atoms with E-state index in [0.717, 1.165) is 20.8 Å². The zero-order valence-electron chi connectivity index (χ0n) is 17.5. The number of phenols is 1. The van der Waals surface area contributed by atoms with Crippen LogP contribution in [0.15, 0.2) is 95.0 Å². The molecule has 0 fully saturated rings. The number of phenolic OH excluding ortho intramolecular Hbond substituents is 1. The lowest BCUT2D eigenvalue weighted by molar-refractivity contribution is -0.112. The van der Waals surface area contributed by atoms with Gasteiger partial charge in [0.2, 0.25) is 0 Å². The van der Waals surface area contributed by atoms with Crippen LogP contribution in [0.4, 0.5) is 5.69 Å². The van der Waals surface area contributed by atoms with Gasteiger partial charge in [-0.05, 0) is 70.9 Å². The van der Waals surface area contributed by atoms with Gasteiger partial charge in [-0.3, -0.25) is 4.79 Å². The van der Waals surface area contributed by atoms with Gasteiger partial charge in [0, 0.05) is 15.7 Å². The van der Waals surface area contributed by atoms with Crippen molar-refractivity contribution in [3.63, 3.8) is 0 Å². The third-order valence-corrected chi connectivity index (χ3v) is 5.46. The average molecular weight is 499 g/mol. The fraction of sp³-hybridized carbons (Fsp3) is 0.0370. The molecule has 5 nitrogen and oxygen atoms in total. The fourth-order valence-corrected chi connectivity index (χ4v) is 3.68. The number of rotatable bonds is 6. The number of nitrogens with zero attached hydrogens (tertiary/aromatic N) is 1. The number of halogens is 1. The van der Waals surface area contributed by atoms with Gasteiger partial charge in [0.25, 0.3) is 5.91 Å². The number of carbonyl (C=O) groups excluding carboxylic acids is 1. The second kappa shape index (κ2) is 10.0. The van der Waals surface area contributed by atoms with Crippen LogP contribution in [0.2, 0.25) is 0 Å². The summed E-state index contributed by atoms with van der Waals surface area (Å²) in [6.07, 6.45) is 1.50. The highest BCUT2D eigenvalue weighted by molar-refractivity contribution is 9.10. The highest BCUT2D eigenvalue weighted by Crippen LogP contribution is 2.27. The minimum Gasteiger partial charge on any atom is -0.508 e. The first-order valence-corrected chi connectivity index (χ1v) is 10.9. The Morgan fingerprint density at radius 1 is 1.00 bits per heavy atom. The van der Waals surface area contributed by atoms with E-state index in [0.29, 0.717) is 23.6 Å². The molecule has 0 saturated heterocycles. The summed E-state index contributed by atoms with van der Waals surface area (Å²) < 4.78 is 6.84. The van der Waals surface area contributed by atoms with Crippen LogP contribution in [0.1, 0.15) is 11.1 Å². The zero-order chi connectivity index (χ0) is 23.2. The second-order valence-corrected chi connectivity index (χ2v) is 8.24. The maximum Gasteiger partial charge on any atom is 0.266 e. The van der Waals surface area contributed by atoms with E-state index in [1.54, 1.807) is 24.3 Å². The molecule has 162 valence electrons. The minimum atomic E-state index is -0.552. The lowest BCUT2D eigenvalue weighted by Crippen LogP contribution is -2.13. The lowest BCUT2D eigenvalue weighted by atomic mass is 10.1. The Morgan fingerprint density at radius 2 is 1.76 bits per heavy atom. The summed E-state index contributed by atoms with van der Waals surface area (Å²) in [7, 11) is 0. The first kappa shape index (κ1) is 22.1. The van der Waals surface area contributed by atoms with E-state index in [1.165, 1.54) is 18.2 Å². The molecular weight excluding hydrogens is 480 g/mol. The highest BCUT2D eigenvalue weighted by Gasteiger charge is 2.12. The number of nitrogens with one attached hydrogen (secondary N) is 1. The van der Waals surface area contributed by atoms with Crippen molar-refractivity contribution < 1.29 is 14.6 Å². The van der Waals surface area contributed by atoms with Crippen molar-refractivity contribution >= 4 is 44.4 Å². The molecule has 0 aliphatic rings. The van der Waals surface area contributed by atoms with Crippen molar-refractivity contribution in [1.29, 1.82) is 5.26 Å². The normalized spacial score (nSPS) is 11.1. The van der Waals surface area contributed by atoms with E-state index in [-0.39, 0.29) is 11.3 Å². The number of amides is 1. The van der Waals surface area contributed by atoms with Gasteiger partial charge in [-0.25, -0.2) is 0 Å². The summed E-state index contributed by atoms with van der Waals surface area (Å²) in [5.74, 6) is 0.0894. The molecule has 0 unspecified atom stereocenters. The largest absolute Gasteiger partial charge is 0.508 e. The number of anilines is 1. The maximum atomic E-state index is 12.6. The molecule has 0 saturated carbocycles. The minimum absolute atomic E-state index is 0.0725. The van der Waals surface area contributed by atoms with Crippen molar-refractivity contribution in [1.82, 2.24) is 0 Å². The summed E-state index contributed by atoms with van der Waals surface area (Å²) in [5, 5.41) is 23.9. The molecule has 0 heterocycles. The molecule has 0 atom stereocenters. The highest BCUT2D eigenvalue weighted by atomic mass is 79.9. The van der Waals surface area contributed by atoms with Crippen LogP contribution in [0.5, 0.6) is 11.5 Å². The smallest absolute Gasteiger partial charge is 0.266 e. The van der Waals surface area contributed by atoms with Gasteiger partial charge in [0.15, 0.2) is 0 Å². The molecule has 0 bridgehead atoms. The Kier molecular flexibility index (Phi) is 6.72. The van der Waals surface area contributed by atoms with Crippen molar-refractivity contribution in [3.8, 4) is 17.6 Å². The fourth-order valence-electron chi connectivity index (χ4n) is 3.30. The van der Waals surface area contributed by atoms with Gasteiger partial charge >= 0.3 is 0 Å². The average Bonchev–Trinajstić information content (AvgIpc) is 2.83. The molecule has 4 aromatic rings. The van der Waals surface area contributed by atoms with Crippen molar-refractivity contribution in [2.24, 2.45) is 0 Å². The Morgan fingerprint density at radius 3 is 2.52 bits per heavy atom. The van der Waals surface area contributed by atoms with Crippen LogP contribution in [-0.2, 0) is 11.4 Å². The van der Waals surface area contributed by atoms with Crippen LogP contribution in [0.3, 0.4) is 0 Å². The number of ether oxygens (including phenoxy) is 1. The predicted molar refractivity (Wildman–Crippen MR) is 133 cm³/mol. The quantitative estimate of drug-likeness (QED) is 0.182. The molecule has 0 radical (unpaired) electrons. The van der Waals surface area contributed by atoms with Crippen LogP contribution in [0.25, 0.3) is 16.8 Å². The van der Waals surface area contributed by atoms with Crippen molar-refractivity contribution in [2.75, 3.05) is 5.32 Å². The second-order valence-electron chi connectivity index (χ2n) is 7.32. The van der Waals surface area contributed by atoms with E-state index in [1.807, 2.05) is 30.3 Å². The summed E-state index contributed by atoms with van der Waals surface area (Å²) in [4.78, 5) is 12.6. The van der Waals surface area contributed by atoms with Crippen molar-refractivity contribution in [3.05, 3.63) is 106 Å². The molecule has 2 N–H and O–H groups in total. The molecule has 4 aromatic carbocycles. The molecule has 0 spiro atoms. The first-order valence-electron chi connectivity index (χ1n) is 10.1. The standard InChI is InChI=1S/C27H19BrN2O3/c28-23-7-12-26(33-17-18-5-6-19-3-1-2-4-20(19)13-18)21(15-23)14-22(16-29)27(32)30-24-8-10-25(31)11-9-24/h1-15,31H,17H2,(H,30,32)/b22-14+. The number of hydrogen-bond acceptors (Lipinski definition) is 4. The summed E-state index contributed by atoms with van der Waals surface area (Å²) in [5.41, 5.74) is 2.01. The molecule has 33 heavy (non-hydrogen) atoms. The van der Waals surface area contributed by atoms with Crippen LogP contribution >= 0.6 is 15.9 Å². The Balaban J connectivity index is 1.55. The Labute approximate surface area is 199 Å². The zero-order valence-corrected chi connectivity index (χ0v) is 19.0. The molecule has 0 aromatic heterocycles. The monoisotopic (exact) mass is 498 g/mol. The molecule has 0 aliphatic heterocycles. The number of fused-ring (bicyclic) bond motifs is 1. The van der Waals surface area contributed by atoms with Crippen LogP contribution < -0.4 is 10.1 Å². The Bertz CT molecular complexity index is 1390. The molecule has 6 heteroatoms. The van der Waals surface area contributed by atoms with Gasteiger partial charge in [0.1, 0.15) is 29.7 Å². The number of benzene rings is 4. The van der Waals surface area contributed by atoms with Gasteiger partial charge in [-0.1, -0.05) is 52.3 Å². The van der Waals surface area contributed by atoms with Gasteiger partial charge in [-0.15, -0.1) is 0 Å². The Hall–Kier alpha value is -4.08. The first-order chi connectivity index (χ1) is 16.0. The van der Waals surface area contributed by atoms with E-state index < -0.39 is 5.91 Å². The predicted octanol–water partition coefficient (Wildman–Crippen LogP) is 6.43. The van der Waals surface area contributed by atoms with Gasteiger partial charge in [0.05, 0.1) is 0 Å². The summed E-state index contributed by atoms with van der Waals surface area (Å²) in [6, 6.07) is 27.7. The van der Waals surface area contributed by atoms with Gasteiger partial charge in [-0.2, -0.15) is 5.26 Å². The molecule has 1 amide bonds. The van der Waals surface area contributed by atoms with Gasteiger partial charge < -0.3 is 15.2 Å². The number of aromatic hydroxyl groups is 1. The SMILES string of the molecule is N#C/C(=C\c1cc(Br)ccc1OCc1ccc2ccccc2c1)C(=O)Nc1ccc(O)cc1. The number of carbonyl (C=O) groups is 1. The van der Waals surface area contributed by atoms with E-state index in [2.05, 4.69) is 45.5 Å². The molecule has 0 aliphatic carbocycles. The maximum absolute atomic E-state index is 12.6. The lowest BCUT2D eigenvalue weighted by Gasteiger charge is -2.11. The van der Waals surface area contributed by atoms with Crippen LogP contribution in [0, 0.1) is 11.3 Å². The summed E-state index contributed by atoms with van der Waals surface area (Å²) in [6.45, 7) is 0.342. The van der Waals surface area contributed by atoms with Crippen LogP contribution in [-0.4, -0.2) is 11.0 Å².